The van der Waals surface area contributed by atoms with Gasteiger partial charge in [0.2, 0.25) is 5.91 Å². The first kappa shape index (κ1) is 19.4. The van der Waals surface area contributed by atoms with Crippen molar-refractivity contribution in [2.24, 2.45) is 0 Å². The number of nitrogens with zero attached hydrogens (tertiary/aromatic N) is 2. The highest BCUT2D eigenvalue weighted by Crippen LogP contribution is 2.41. The lowest BCUT2D eigenvalue weighted by molar-refractivity contribution is -0.116. The number of sulfonamides is 1. The van der Waals surface area contributed by atoms with E-state index in [1.54, 1.807) is 35.2 Å². The van der Waals surface area contributed by atoms with Crippen LogP contribution in [-0.2, 0) is 21.2 Å². The number of hydrogen-bond donors (Lipinski definition) is 0. The summed E-state index contributed by atoms with van der Waals surface area (Å²) in [5.74, 6) is -0.165. The minimum Gasteiger partial charge on any atom is -0.308 e. The Hall–Kier alpha value is -1.38. The number of fused-ring (bicyclic) bond motifs is 1. The molecule has 0 aromatic heterocycles. The van der Waals surface area contributed by atoms with Crippen LogP contribution in [0.5, 0.6) is 0 Å². The van der Waals surface area contributed by atoms with E-state index in [9.17, 15) is 13.2 Å². The van der Waals surface area contributed by atoms with E-state index >= 15 is 0 Å². The molecule has 3 rings (SSSR count). The summed E-state index contributed by atoms with van der Waals surface area (Å²) < 4.78 is 29.5. The highest BCUT2D eigenvalue weighted by molar-refractivity contribution is 9.10. The number of halogens is 2. The molecule has 0 fully saturated rings. The fourth-order valence-corrected chi connectivity index (χ4v) is 5.65. The largest absolute Gasteiger partial charge is 0.308 e. The number of carbonyl (C=O) groups is 1. The molecule has 0 spiro atoms. The second kappa shape index (κ2) is 6.98. The van der Waals surface area contributed by atoms with Gasteiger partial charge in [-0.25, -0.2) is 8.42 Å². The molecule has 0 aliphatic carbocycles. The molecule has 1 aliphatic heterocycles. The standard InChI is InChI=1S/C18H18Br2N2O3S/c1-11-8-13-9-15(20)10-17(18(13)22(11)12(2)23)26(24,25)21(3)16-6-4-14(19)5-7-16/h4-7,9-11H,8H2,1-3H3/t11-/m1/s1. The van der Waals surface area contributed by atoms with E-state index in [0.29, 0.717) is 22.3 Å². The Morgan fingerprint density at radius 2 is 1.77 bits per heavy atom. The number of anilines is 2. The van der Waals surface area contributed by atoms with E-state index in [1.807, 2.05) is 13.0 Å². The van der Waals surface area contributed by atoms with Crippen molar-refractivity contribution in [1.29, 1.82) is 0 Å². The molecule has 0 bridgehead atoms. The SMILES string of the molecule is CC(=O)N1c2c(cc(Br)cc2S(=O)(=O)N(C)c2ccc(Br)cc2)C[C@H]1C. The van der Waals surface area contributed by atoms with E-state index in [0.717, 1.165) is 10.0 Å². The van der Waals surface area contributed by atoms with Crippen LogP contribution in [0.4, 0.5) is 11.4 Å². The summed E-state index contributed by atoms with van der Waals surface area (Å²) in [5.41, 5.74) is 1.88. The Kier molecular flexibility index (Phi) is 5.20. The van der Waals surface area contributed by atoms with E-state index in [4.69, 9.17) is 0 Å². The molecule has 2 aromatic carbocycles. The minimum absolute atomic E-state index is 0.0799. The van der Waals surface area contributed by atoms with Gasteiger partial charge in [-0.15, -0.1) is 0 Å². The van der Waals surface area contributed by atoms with Crippen LogP contribution in [0.15, 0.2) is 50.2 Å². The maximum absolute atomic E-state index is 13.4. The molecule has 5 nitrogen and oxygen atoms in total. The highest BCUT2D eigenvalue weighted by atomic mass is 79.9. The zero-order chi connectivity index (χ0) is 19.2. The normalized spacial score (nSPS) is 16.5. The first-order valence-corrected chi connectivity index (χ1v) is 11.0. The molecule has 0 saturated heterocycles. The summed E-state index contributed by atoms with van der Waals surface area (Å²) >= 11 is 6.76. The molecule has 2 aromatic rings. The van der Waals surface area contributed by atoms with Crippen LogP contribution in [0.1, 0.15) is 19.4 Å². The van der Waals surface area contributed by atoms with Crippen molar-refractivity contribution in [1.82, 2.24) is 0 Å². The van der Waals surface area contributed by atoms with Gasteiger partial charge in [-0.3, -0.25) is 9.10 Å². The predicted molar refractivity (Wildman–Crippen MR) is 110 cm³/mol. The molecule has 1 heterocycles. The molecule has 0 N–H and O–H groups in total. The summed E-state index contributed by atoms with van der Waals surface area (Å²) in [4.78, 5) is 13.9. The fraction of sp³-hybridized carbons (Fsp3) is 0.278. The van der Waals surface area contributed by atoms with Gasteiger partial charge < -0.3 is 4.90 Å². The Balaban J connectivity index is 2.17. The van der Waals surface area contributed by atoms with Gasteiger partial charge in [0, 0.05) is 29.0 Å². The molecular weight excluding hydrogens is 484 g/mol. The van der Waals surface area contributed by atoms with Crippen molar-refractivity contribution in [3.63, 3.8) is 0 Å². The maximum atomic E-state index is 13.4. The average molecular weight is 502 g/mol. The molecule has 1 aliphatic rings. The van der Waals surface area contributed by atoms with Gasteiger partial charge in [0.05, 0.1) is 11.4 Å². The van der Waals surface area contributed by atoms with E-state index < -0.39 is 10.0 Å². The quantitative estimate of drug-likeness (QED) is 0.628. The molecule has 26 heavy (non-hydrogen) atoms. The lowest BCUT2D eigenvalue weighted by atomic mass is 10.1. The summed E-state index contributed by atoms with van der Waals surface area (Å²) in [7, 11) is -2.33. The fourth-order valence-electron chi connectivity index (χ4n) is 3.29. The van der Waals surface area contributed by atoms with Crippen LogP contribution in [0.2, 0.25) is 0 Å². The van der Waals surface area contributed by atoms with Crippen LogP contribution in [-0.4, -0.2) is 27.4 Å². The van der Waals surface area contributed by atoms with Gasteiger partial charge in [-0.2, -0.15) is 0 Å². The third kappa shape index (κ3) is 3.30. The van der Waals surface area contributed by atoms with Gasteiger partial charge in [0.1, 0.15) is 4.90 Å². The lowest BCUT2D eigenvalue weighted by Gasteiger charge is -2.26. The monoisotopic (exact) mass is 500 g/mol. The first-order chi connectivity index (χ1) is 12.1. The van der Waals surface area contributed by atoms with Crippen LogP contribution < -0.4 is 9.21 Å². The predicted octanol–water partition coefficient (Wildman–Crippen LogP) is 4.33. The summed E-state index contributed by atoms with van der Waals surface area (Å²) in [6, 6.07) is 10.4. The Morgan fingerprint density at radius 3 is 2.35 bits per heavy atom. The second-order valence-corrected chi connectivity index (χ2v) is 10.1. The van der Waals surface area contributed by atoms with Crippen molar-refractivity contribution >= 4 is 59.2 Å². The van der Waals surface area contributed by atoms with Gasteiger partial charge in [-0.1, -0.05) is 31.9 Å². The molecule has 1 atom stereocenters. The summed E-state index contributed by atoms with van der Waals surface area (Å²) in [5, 5.41) is 0. The van der Waals surface area contributed by atoms with Crippen molar-refractivity contribution in [2.45, 2.75) is 31.2 Å². The topological polar surface area (TPSA) is 57.7 Å². The van der Waals surface area contributed by atoms with Crippen molar-refractivity contribution < 1.29 is 13.2 Å². The lowest BCUT2D eigenvalue weighted by Crippen LogP contribution is -2.35. The zero-order valence-corrected chi connectivity index (χ0v) is 18.5. The molecular formula is C18H18Br2N2O3S. The Morgan fingerprint density at radius 1 is 1.15 bits per heavy atom. The number of hydrogen-bond acceptors (Lipinski definition) is 3. The van der Waals surface area contributed by atoms with E-state index in [1.165, 1.54) is 18.3 Å². The van der Waals surface area contributed by atoms with Crippen LogP contribution in [0.3, 0.4) is 0 Å². The van der Waals surface area contributed by atoms with Gasteiger partial charge >= 0.3 is 0 Å². The van der Waals surface area contributed by atoms with Gasteiger partial charge in [0.15, 0.2) is 0 Å². The van der Waals surface area contributed by atoms with Crippen LogP contribution in [0, 0.1) is 0 Å². The van der Waals surface area contributed by atoms with Crippen LogP contribution >= 0.6 is 31.9 Å². The van der Waals surface area contributed by atoms with E-state index in [-0.39, 0.29) is 16.8 Å². The zero-order valence-electron chi connectivity index (χ0n) is 14.5. The van der Waals surface area contributed by atoms with Gasteiger partial charge in [0.25, 0.3) is 10.0 Å². The number of benzene rings is 2. The van der Waals surface area contributed by atoms with Crippen molar-refractivity contribution in [3.05, 3.63) is 50.9 Å². The maximum Gasteiger partial charge on any atom is 0.266 e. The summed E-state index contributed by atoms with van der Waals surface area (Å²) in [6.07, 6.45) is 0.624. The van der Waals surface area contributed by atoms with Gasteiger partial charge in [-0.05, 0) is 55.3 Å². The first-order valence-electron chi connectivity index (χ1n) is 7.99. The van der Waals surface area contributed by atoms with E-state index in [2.05, 4.69) is 31.9 Å². The van der Waals surface area contributed by atoms with Crippen molar-refractivity contribution in [2.75, 3.05) is 16.3 Å². The Bertz CT molecular complexity index is 975. The molecule has 8 heteroatoms. The minimum atomic E-state index is -3.85. The number of amides is 1. The summed E-state index contributed by atoms with van der Waals surface area (Å²) in [6.45, 7) is 3.38. The second-order valence-electron chi connectivity index (χ2n) is 6.30. The smallest absolute Gasteiger partial charge is 0.266 e. The molecule has 0 radical (unpaired) electrons. The van der Waals surface area contributed by atoms with Crippen LogP contribution in [0.25, 0.3) is 0 Å². The molecule has 138 valence electrons. The number of carbonyl (C=O) groups excluding carboxylic acids is 1. The Labute approximate surface area is 170 Å². The third-order valence-electron chi connectivity index (χ3n) is 4.48. The third-order valence-corrected chi connectivity index (χ3v) is 7.27. The van der Waals surface area contributed by atoms with Crippen molar-refractivity contribution in [3.8, 4) is 0 Å². The molecule has 0 saturated carbocycles. The number of rotatable bonds is 3. The highest BCUT2D eigenvalue weighted by Gasteiger charge is 2.36. The molecule has 1 amide bonds. The average Bonchev–Trinajstić information content (AvgIpc) is 2.89. The molecule has 0 unspecified atom stereocenters.